The zero-order valence-corrected chi connectivity index (χ0v) is 19.2. The molecule has 0 radical (unpaired) electrons. The van der Waals surface area contributed by atoms with Crippen molar-refractivity contribution in [3.8, 4) is 17.2 Å². The normalized spacial score (nSPS) is 11.7. The van der Waals surface area contributed by atoms with Crippen molar-refractivity contribution < 1.29 is 46.0 Å². The third-order valence-corrected chi connectivity index (χ3v) is 6.38. The van der Waals surface area contributed by atoms with E-state index < -0.39 is 45.1 Å². The molecule has 35 heavy (non-hydrogen) atoms. The highest BCUT2D eigenvalue weighted by molar-refractivity contribution is 5.64. The average molecular weight is 487 g/mol. The monoisotopic (exact) mass is 486 g/mol. The molecule has 3 rings (SSSR count). The smallest absolute Gasteiger partial charge is 0.116 e. The second-order valence-electron chi connectivity index (χ2n) is 8.49. The number of hydrogen-bond acceptors (Lipinski definition) is 9. The van der Waals surface area contributed by atoms with Crippen LogP contribution in [0.3, 0.4) is 0 Å². The molecule has 0 aliphatic heterocycles. The predicted octanol–water partition coefficient (Wildman–Crippen LogP) is 1.11. The highest BCUT2D eigenvalue weighted by Gasteiger charge is 2.41. The summed E-state index contributed by atoms with van der Waals surface area (Å²) < 4.78 is 0. The lowest BCUT2D eigenvalue weighted by Crippen LogP contribution is -2.34. The van der Waals surface area contributed by atoms with Crippen LogP contribution in [0.1, 0.15) is 57.0 Å². The first kappa shape index (κ1) is 26.4. The summed E-state index contributed by atoms with van der Waals surface area (Å²) in [6, 6.07) is 7.85. The third-order valence-electron chi connectivity index (χ3n) is 6.38. The van der Waals surface area contributed by atoms with E-state index in [1.807, 2.05) is 0 Å². The van der Waals surface area contributed by atoms with Gasteiger partial charge in [0.25, 0.3) is 0 Å². The summed E-state index contributed by atoms with van der Waals surface area (Å²) in [6.07, 6.45) is 0. The van der Waals surface area contributed by atoms with E-state index in [1.54, 1.807) is 6.92 Å². The van der Waals surface area contributed by atoms with Crippen LogP contribution in [-0.2, 0) is 45.1 Å². The summed E-state index contributed by atoms with van der Waals surface area (Å²) in [5.74, 6) is -0.639. The van der Waals surface area contributed by atoms with E-state index in [-0.39, 0.29) is 50.6 Å². The van der Waals surface area contributed by atoms with Crippen molar-refractivity contribution >= 4 is 0 Å². The molecule has 0 atom stereocenters. The van der Waals surface area contributed by atoms with Crippen molar-refractivity contribution in [2.45, 2.75) is 52.0 Å². The van der Waals surface area contributed by atoms with Gasteiger partial charge in [0.15, 0.2) is 0 Å². The molecule has 0 amide bonds. The van der Waals surface area contributed by atoms with Crippen molar-refractivity contribution in [1.29, 1.82) is 0 Å². The maximum absolute atomic E-state index is 10.2. The van der Waals surface area contributed by atoms with Crippen LogP contribution in [-0.4, -0.2) is 46.0 Å². The Hall–Kier alpha value is -3.18. The molecule has 0 bridgehead atoms. The summed E-state index contributed by atoms with van der Waals surface area (Å²) in [6.45, 7) is -1.71. The molecule has 0 heterocycles. The fourth-order valence-corrected chi connectivity index (χ4v) is 5.30. The number of hydrogen-bond donors (Lipinski definition) is 9. The average Bonchev–Trinajstić information content (AvgIpc) is 2.85. The Morgan fingerprint density at radius 2 is 0.600 bits per heavy atom. The fraction of sp³-hybridized carbons (Fsp3) is 0.308. The molecule has 0 saturated heterocycles. The Morgan fingerprint density at radius 1 is 0.429 bits per heavy atom. The van der Waals surface area contributed by atoms with Gasteiger partial charge in [0.05, 0.1) is 39.6 Å². The van der Waals surface area contributed by atoms with Gasteiger partial charge in [-0.15, -0.1) is 0 Å². The zero-order chi connectivity index (χ0) is 25.9. The van der Waals surface area contributed by atoms with Gasteiger partial charge >= 0.3 is 0 Å². The van der Waals surface area contributed by atoms with Gasteiger partial charge in [-0.2, -0.15) is 0 Å². The quantitative estimate of drug-likeness (QED) is 0.200. The van der Waals surface area contributed by atoms with Crippen molar-refractivity contribution in [2.24, 2.45) is 0 Å². The summed E-state index contributed by atoms with van der Waals surface area (Å²) in [5.41, 5.74) is 0.642. The molecule has 0 spiro atoms. The summed E-state index contributed by atoms with van der Waals surface area (Å²) in [4.78, 5) is 0. The van der Waals surface area contributed by atoms with Gasteiger partial charge in [-0.3, -0.25) is 0 Å². The number of aromatic hydroxyl groups is 3. The maximum atomic E-state index is 10.2. The van der Waals surface area contributed by atoms with E-state index in [9.17, 15) is 46.0 Å². The van der Waals surface area contributed by atoms with Crippen molar-refractivity contribution in [1.82, 2.24) is 0 Å². The molecule has 3 aromatic rings. The Balaban J connectivity index is 2.69. The van der Waals surface area contributed by atoms with Crippen LogP contribution < -0.4 is 0 Å². The number of phenolic OH excluding ortho intramolecular Hbond substituents is 3. The van der Waals surface area contributed by atoms with Crippen LogP contribution in [0, 0.1) is 0 Å². The predicted molar refractivity (Wildman–Crippen MR) is 125 cm³/mol. The maximum Gasteiger partial charge on any atom is 0.116 e. The largest absolute Gasteiger partial charge is 0.508 e. The molecule has 0 aliphatic rings. The van der Waals surface area contributed by atoms with Gasteiger partial charge in [0.2, 0.25) is 0 Å². The van der Waals surface area contributed by atoms with Crippen LogP contribution in [0.4, 0.5) is 0 Å². The SMILES string of the molecule is CC(c1c(CO)cc(O)cc1CO)(c1c(CO)cc(O)cc1CO)c1c(CO)cc(O)cc1CO. The van der Waals surface area contributed by atoms with Gasteiger partial charge in [0, 0.05) is 5.41 Å². The number of phenols is 3. The highest BCUT2D eigenvalue weighted by Crippen LogP contribution is 2.49. The fourth-order valence-electron chi connectivity index (χ4n) is 5.30. The lowest BCUT2D eigenvalue weighted by Gasteiger charge is -2.40. The van der Waals surface area contributed by atoms with Crippen molar-refractivity contribution in [3.63, 3.8) is 0 Å². The summed E-state index contributed by atoms with van der Waals surface area (Å²) in [7, 11) is 0. The van der Waals surface area contributed by atoms with E-state index in [0.29, 0.717) is 16.7 Å². The standard InChI is InChI=1S/C26H30O9/c1-26(23-14(8-27)2-20(33)3-15(23)9-28,24-16(10-29)4-21(34)5-17(24)11-30)25-18(12-31)6-22(35)7-19(25)13-32/h2-7,27-35H,8-13H2,1H3. The summed E-state index contributed by atoms with van der Waals surface area (Å²) in [5, 5.41) is 92.1. The number of rotatable bonds is 9. The molecule has 3 aromatic carbocycles. The molecule has 0 saturated carbocycles. The molecule has 0 unspecified atom stereocenters. The van der Waals surface area contributed by atoms with Gasteiger partial charge in [-0.1, -0.05) is 0 Å². The molecule has 9 N–H and O–H groups in total. The van der Waals surface area contributed by atoms with Crippen LogP contribution >= 0.6 is 0 Å². The van der Waals surface area contributed by atoms with Gasteiger partial charge in [-0.05, 0) is 93.4 Å². The van der Waals surface area contributed by atoms with E-state index in [2.05, 4.69) is 0 Å². The lowest BCUT2D eigenvalue weighted by molar-refractivity contribution is 0.259. The van der Waals surface area contributed by atoms with Crippen LogP contribution in [0.2, 0.25) is 0 Å². The van der Waals surface area contributed by atoms with Crippen molar-refractivity contribution in [3.05, 3.63) is 86.5 Å². The number of benzene rings is 3. The molecular weight excluding hydrogens is 456 g/mol. The second-order valence-corrected chi connectivity index (χ2v) is 8.49. The first-order valence-electron chi connectivity index (χ1n) is 10.9. The van der Waals surface area contributed by atoms with E-state index in [0.717, 1.165) is 0 Å². The topological polar surface area (TPSA) is 182 Å². The van der Waals surface area contributed by atoms with E-state index in [4.69, 9.17) is 0 Å². The minimum Gasteiger partial charge on any atom is -0.508 e. The first-order chi connectivity index (χ1) is 16.7. The highest BCUT2D eigenvalue weighted by atomic mass is 16.3. The molecule has 9 heteroatoms. The zero-order valence-electron chi connectivity index (χ0n) is 19.2. The Bertz CT molecular complexity index is 995. The minimum atomic E-state index is -1.49. The summed E-state index contributed by atoms with van der Waals surface area (Å²) >= 11 is 0. The van der Waals surface area contributed by atoms with Crippen LogP contribution in [0.25, 0.3) is 0 Å². The van der Waals surface area contributed by atoms with Gasteiger partial charge in [-0.25, -0.2) is 0 Å². The van der Waals surface area contributed by atoms with E-state index >= 15 is 0 Å². The Labute approximate surface area is 202 Å². The first-order valence-corrected chi connectivity index (χ1v) is 10.9. The van der Waals surface area contributed by atoms with E-state index in [1.165, 1.54) is 36.4 Å². The molecule has 0 aliphatic carbocycles. The molecule has 0 fully saturated rings. The molecule has 0 aromatic heterocycles. The van der Waals surface area contributed by atoms with Gasteiger partial charge in [0.1, 0.15) is 17.2 Å². The van der Waals surface area contributed by atoms with Crippen LogP contribution in [0.15, 0.2) is 36.4 Å². The third kappa shape index (κ3) is 4.57. The minimum absolute atomic E-state index is 0.207. The number of aliphatic hydroxyl groups excluding tert-OH is 6. The Morgan fingerprint density at radius 3 is 0.743 bits per heavy atom. The Kier molecular flexibility index (Phi) is 8.01. The lowest BCUT2D eigenvalue weighted by atomic mass is 9.63. The van der Waals surface area contributed by atoms with Gasteiger partial charge < -0.3 is 46.0 Å². The second kappa shape index (κ2) is 10.6. The molecule has 9 nitrogen and oxygen atoms in total. The van der Waals surface area contributed by atoms with Crippen molar-refractivity contribution in [2.75, 3.05) is 0 Å². The van der Waals surface area contributed by atoms with Crippen LogP contribution in [0.5, 0.6) is 17.2 Å². The molecule has 188 valence electrons. The molecular formula is C26H30O9. The number of aliphatic hydroxyl groups is 6.